The van der Waals surface area contributed by atoms with Crippen LogP contribution in [0.3, 0.4) is 0 Å². The van der Waals surface area contributed by atoms with E-state index in [1.807, 2.05) is 43.3 Å². The van der Waals surface area contributed by atoms with Crippen LogP contribution in [0.1, 0.15) is 59.3 Å². The lowest BCUT2D eigenvalue weighted by Crippen LogP contribution is -2.27. The van der Waals surface area contributed by atoms with Gasteiger partial charge in [-0.05, 0) is 61.1 Å². The summed E-state index contributed by atoms with van der Waals surface area (Å²) in [5, 5.41) is 2.96. The van der Waals surface area contributed by atoms with E-state index < -0.39 is 0 Å². The number of nitrogens with one attached hydrogen (secondary N) is 1. The predicted molar refractivity (Wildman–Crippen MR) is 119 cm³/mol. The second-order valence-corrected chi connectivity index (χ2v) is 7.80. The van der Waals surface area contributed by atoms with Gasteiger partial charge in [-0.25, -0.2) is 0 Å². The molecule has 2 aromatic rings. The van der Waals surface area contributed by atoms with Crippen LogP contribution in [0.4, 0.5) is 0 Å². The Bertz CT molecular complexity index is 924. The summed E-state index contributed by atoms with van der Waals surface area (Å²) in [5.74, 6) is 1.08. The Morgan fingerprint density at radius 1 is 0.968 bits per heavy atom. The number of hydrogen-bond acceptors (Lipinski definition) is 5. The van der Waals surface area contributed by atoms with Crippen LogP contribution in [0.25, 0.3) is 0 Å². The highest BCUT2D eigenvalue weighted by molar-refractivity contribution is 5.98. The number of hydrogen-bond donors (Lipinski definition) is 1. The van der Waals surface area contributed by atoms with Crippen molar-refractivity contribution >= 4 is 11.7 Å². The zero-order valence-corrected chi connectivity index (χ0v) is 18.5. The smallest absolute Gasteiger partial charge is 0.220 e. The molecular weight excluding hydrogens is 394 g/mol. The summed E-state index contributed by atoms with van der Waals surface area (Å²) < 4.78 is 16.0. The maximum atomic E-state index is 12.5. The highest BCUT2D eigenvalue weighted by atomic mass is 16.5. The van der Waals surface area contributed by atoms with Gasteiger partial charge in [0.05, 0.1) is 19.8 Å². The van der Waals surface area contributed by atoms with E-state index >= 15 is 0 Å². The molecule has 0 spiro atoms. The van der Waals surface area contributed by atoms with E-state index in [1.54, 1.807) is 14.2 Å². The predicted octanol–water partition coefficient (Wildman–Crippen LogP) is 4.05. The summed E-state index contributed by atoms with van der Waals surface area (Å²) in [6.07, 6.45) is 3.64. The third kappa shape index (κ3) is 6.07. The fourth-order valence-electron chi connectivity index (χ4n) is 3.82. The third-order valence-electron chi connectivity index (χ3n) is 5.61. The fraction of sp³-hybridized carbons (Fsp3) is 0.440. The number of aryl methyl sites for hydroxylation is 2. The number of Topliss-reactive ketones (excluding diaryl/α,β-unsaturated/α-hetero) is 1. The molecule has 0 bridgehead atoms. The van der Waals surface area contributed by atoms with Gasteiger partial charge in [-0.3, -0.25) is 9.59 Å². The van der Waals surface area contributed by atoms with Crippen molar-refractivity contribution in [1.29, 1.82) is 0 Å². The molecule has 0 saturated carbocycles. The molecular formula is C25H31NO5. The highest BCUT2D eigenvalue weighted by Gasteiger charge is 2.17. The van der Waals surface area contributed by atoms with Crippen molar-refractivity contribution in [3.05, 3.63) is 58.7 Å². The van der Waals surface area contributed by atoms with Gasteiger partial charge in [0.2, 0.25) is 5.91 Å². The lowest BCUT2D eigenvalue weighted by Gasteiger charge is -2.17. The summed E-state index contributed by atoms with van der Waals surface area (Å²) in [6, 6.07) is 11.3. The van der Waals surface area contributed by atoms with Gasteiger partial charge in [-0.1, -0.05) is 18.2 Å². The lowest BCUT2D eigenvalue weighted by molar-refractivity contribution is -0.121. The number of ether oxygens (including phenoxy) is 3. The Morgan fingerprint density at radius 3 is 2.55 bits per heavy atom. The van der Waals surface area contributed by atoms with Gasteiger partial charge < -0.3 is 19.5 Å². The second-order valence-electron chi connectivity index (χ2n) is 7.80. The van der Waals surface area contributed by atoms with E-state index in [0.29, 0.717) is 30.3 Å². The van der Waals surface area contributed by atoms with Crippen molar-refractivity contribution in [2.45, 2.75) is 45.1 Å². The van der Waals surface area contributed by atoms with Crippen LogP contribution in [0.5, 0.6) is 11.5 Å². The number of carbonyl (C=O) groups is 2. The molecule has 1 unspecified atom stereocenters. The number of benzene rings is 2. The van der Waals surface area contributed by atoms with Crippen molar-refractivity contribution in [1.82, 2.24) is 5.32 Å². The van der Waals surface area contributed by atoms with Gasteiger partial charge in [0.15, 0.2) is 17.3 Å². The minimum atomic E-state index is -0.218. The summed E-state index contributed by atoms with van der Waals surface area (Å²) in [4.78, 5) is 24.9. The Hall–Kier alpha value is -2.86. The molecule has 1 atom stereocenters. The van der Waals surface area contributed by atoms with E-state index in [-0.39, 0.29) is 30.6 Å². The maximum Gasteiger partial charge on any atom is 0.220 e. The van der Waals surface area contributed by atoms with Crippen molar-refractivity contribution in [2.75, 3.05) is 27.4 Å². The quantitative estimate of drug-likeness (QED) is 0.434. The fourth-order valence-corrected chi connectivity index (χ4v) is 3.82. The molecule has 0 radical (unpaired) electrons. The lowest BCUT2D eigenvalue weighted by atomic mass is 10.0. The topological polar surface area (TPSA) is 73.9 Å². The number of rotatable bonds is 11. The number of amides is 1. The molecule has 2 aromatic carbocycles. The second kappa shape index (κ2) is 11.0. The van der Waals surface area contributed by atoms with E-state index in [0.717, 1.165) is 24.8 Å². The van der Waals surface area contributed by atoms with Crippen molar-refractivity contribution in [3.63, 3.8) is 0 Å². The molecule has 1 amide bonds. The third-order valence-corrected chi connectivity index (χ3v) is 5.61. The van der Waals surface area contributed by atoms with Crippen LogP contribution in [-0.2, 0) is 22.4 Å². The van der Waals surface area contributed by atoms with E-state index in [2.05, 4.69) is 5.32 Å². The number of methoxy groups -OCH3 is 2. The molecule has 3 rings (SSSR count). The van der Waals surface area contributed by atoms with E-state index in [9.17, 15) is 9.59 Å². The Balaban J connectivity index is 1.52. The minimum Gasteiger partial charge on any atom is -0.493 e. The molecule has 31 heavy (non-hydrogen) atoms. The highest BCUT2D eigenvalue weighted by Crippen LogP contribution is 2.30. The first-order chi connectivity index (χ1) is 15.0. The van der Waals surface area contributed by atoms with Crippen LogP contribution in [0, 0.1) is 0 Å². The monoisotopic (exact) mass is 425 g/mol. The molecule has 1 N–H and O–H groups in total. The normalized spacial score (nSPS) is 13.4. The average molecular weight is 426 g/mol. The Labute approximate surface area is 183 Å². The molecule has 0 aliphatic heterocycles. The van der Waals surface area contributed by atoms with Gasteiger partial charge in [0.1, 0.15) is 6.61 Å². The number of fused-ring (bicyclic) bond motifs is 1. The molecule has 6 heteroatoms. The first-order valence-electron chi connectivity index (χ1n) is 10.8. The average Bonchev–Trinajstić information content (AvgIpc) is 3.25. The zero-order chi connectivity index (χ0) is 22.2. The van der Waals surface area contributed by atoms with Crippen LogP contribution < -0.4 is 14.8 Å². The number of carbonyl (C=O) groups excluding carboxylic acids is 2. The van der Waals surface area contributed by atoms with Crippen LogP contribution in [0.15, 0.2) is 36.4 Å². The van der Waals surface area contributed by atoms with Gasteiger partial charge in [0.25, 0.3) is 0 Å². The molecule has 0 aromatic heterocycles. The molecule has 0 saturated heterocycles. The standard InChI is InChI=1S/C25H31NO5/c1-17(19-9-11-23(24(16-19)30-3)31-14-13-29-2)26-25(28)12-10-22(27)21-8-7-18-5-4-6-20(18)15-21/h7-9,11,15-17H,4-6,10,12-14H2,1-3H3,(H,26,28). The van der Waals surface area contributed by atoms with Gasteiger partial charge in [-0.15, -0.1) is 0 Å². The first-order valence-corrected chi connectivity index (χ1v) is 10.8. The van der Waals surface area contributed by atoms with Crippen molar-refractivity contribution in [2.24, 2.45) is 0 Å². The first kappa shape index (κ1) is 22.8. The van der Waals surface area contributed by atoms with Gasteiger partial charge in [0, 0.05) is 25.5 Å². The summed E-state index contributed by atoms with van der Waals surface area (Å²) in [5.41, 5.74) is 4.21. The minimum absolute atomic E-state index is 0.0109. The van der Waals surface area contributed by atoms with Gasteiger partial charge in [-0.2, -0.15) is 0 Å². The van der Waals surface area contributed by atoms with Crippen LogP contribution in [0.2, 0.25) is 0 Å². The number of ketones is 1. The molecule has 0 fully saturated rings. The largest absolute Gasteiger partial charge is 0.493 e. The van der Waals surface area contributed by atoms with E-state index in [4.69, 9.17) is 14.2 Å². The molecule has 1 aliphatic rings. The molecule has 1 aliphatic carbocycles. The molecule has 6 nitrogen and oxygen atoms in total. The zero-order valence-electron chi connectivity index (χ0n) is 18.5. The Morgan fingerprint density at radius 2 is 1.77 bits per heavy atom. The molecule has 166 valence electrons. The summed E-state index contributed by atoms with van der Waals surface area (Å²) >= 11 is 0. The van der Waals surface area contributed by atoms with E-state index in [1.165, 1.54) is 11.1 Å². The summed E-state index contributed by atoms with van der Waals surface area (Å²) in [6.45, 7) is 2.82. The van der Waals surface area contributed by atoms with Crippen molar-refractivity contribution in [3.8, 4) is 11.5 Å². The van der Waals surface area contributed by atoms with Gasteiger partial charge >= 0.3 is 0 Å². The van der Waals surface area contributed by atoms with Crippen LogP contribution in [-0.4, -0.2) is 39.1 Å². The maximum absolute atomic E-state index is 12.5. The van der Waals surface area contributed by atoms with Crippen LogP contribution >= 0.6 is 0 Å². The summed E-state index contributed by atoms with van der Waals surface area (Å²) in [7, 11) is 3.20. The molecule has 0 heterocycles. The SMILES string of the molecule is COCCOc1ccc(C(C)NC(=O)CCC(=O)c2ccc3c(c2)CCC3)cc1OC. The Kier molecular flexibility index (Phi) is 8.06. The van der Waals surface area contributed by atoms with Crippen molar-refractivity contribution < 1.29 is 23.8 Å².